The van der Waals surface area contributed by atoms with Crippen molar-refractivity contribution in [3.05, 3.63) is 24.0 Å². The predicted molar refractivity (Wildman–Crippen MR) is 76.3 cm³/mol. The Balaban J connectivity index is 2.85. The lowest BCUT2D eigenvalue weighted by Gasteiger charge is -2.31. The van der Waals surface area contributed by atoms with Crippen LogP contribution in [0.25, 0.3) is 0 Å². The maximum Gasteiger partial charge on any atom is 0.141 e. The summed E-state index contributed by atoms with van der Waals surface area (Å²) in [5.41, 5.74) is 6.99. The van der Waals surface area contributed by atoms with Gasteiger partial charge in [0.15, 0.2) is 0 Å². The molecule has 1 unspecified atom stereocenters. The summed E-state index contributed by atoms with van der Waals surface area (Å²) in [7, 11) is 4.14. The van der Waals surface area contributed by atoms with Crippen molar-refractivity contribution in [1.82, 2.24) is 9.88 Å². The molecule has 18 heavy (non-hydrogen) atoms. The summed E-state index contributed by atoms with van der Waals surface area (Å²) in [6.07, 6.45) is 1.78. The molecule has 0 aliphatic carbocycles. The van der Waals surface area contributed by atoms with Crippen LogP contribution < -0.4 is 10.6 Å². The lowest BCUT2D eigenvalue weighted by Crippen LogP contribution is -2.40. The number of nitrogens with one attached hydrogen (secondary N) is 1. The monoisotopic (exact) mass is 249 g/mol. The van der Waals surface area contributed by atoms with Crippen molar-refractivity contribution < 1.29 is 0 Å². The van der Waals surface area contributed by atoms with Crippen LogP contribution in [0, 0.1) is 5.41 Å². The fraction of sp³-hybridized carbons (Fsp3) is 0.538. The number of pyridine rings is 1. The molecule has 1 aromatic rings. The zero-order chi connectivity index (χ0) is 13.7. The van der Waals surface area contributed by atoms with Gasteiger partial charge in [0.1, 0.15) is 11.5 Å². The molecule has 5 heteroatoms. The molecule has 0 radical (unpaired) electrons. The van der Waals surface area contributed by atoms with Gasteiger partial charge in [-0.15, -0.1) is 0 Å². The Kier molecular flexibility index (Phi) is 5.09. The fourth-order valence-electron chi connectivity index (χ4n) is 2.09. The number of amidine groups is 1. The van der Waals surface area contributed by atoms with Gasteiger partial charge in [-0.25, -0.2) is 0 Å². The molecular weight excluding hydrogens is 226 g/mol. The van der Waals surface area contributed by atoms with Gasteiger partial charge >= 0.3 is 0 Å². The smallest absolute Gasteiger partial charge is 0.141 e. The van der Waals surface area contributed by atoms with Crippen molar-refractivity contribution in [3.8, 4) is 0 Å². The lowest BCUT2D eigenvalue weighted by molar-refractivity contribution is 0.373. The van der Waals surface area contributed by atoms with E-state index >= 15 is 0 Å². The average molecular weight is 249 g/mol. The second-order valence-electron chi connectivity index (χ2n) is 4.71. The molecule has 0 saturated heterocycles. The fourth-order valence-corrected chi connectivity index (χ4v) is 2.09. The van der Waals surface area contributed by atoms with Crippen molar-refractivity contribution in [1.29, 1.82) is 5.41 Å². The van der Waals surface area contributed by atoms with E-state index in [9.17, 15) is 0 Å². The quantitative estimate of drug-likeness (QED) is 0.586. The van der Waals surface area contributed by atoms with Gasteiger partial charge in [0, 0.05) is 19.1 Å². The second kappa shape index (κ2) is 6.35. The van der Waals surface area contributed by atoms with Crippen LogP contribution in [0.5, 0.6) is 0 Å². The summed E-state index contributed by atoms with van der Waals surface area (Å²) in [4.78, 5) is 8.66. The molecule has 0 aliphatic heterocycles. The molecule has 0 fully saturated rings. The molecule has 3 N–H and O–H groups in total. The molecule has 0 aromatic carbocycles. The number of aromatic nitrogens is 1. The molecule has 5 nitrogen and oxygen atoms in total. The Morgan fingerprint density at radius 2 is 2.11 bits per heavy atom. The Morgan fingerprint density at radius 3 is 2.50 bits per heavy atom. The van der Waals surface area contributed by atoms with Gasteiger partial charge in [-0.1, -0.05) is 0 Å². The molecule has 1 heterocycles. The first-order valence-electron chi connectivity index (χ1n) is 6.17. The maximum atomic E-state index is 7.33. The van der Waals surface area contributed by atoms with Gasteiger partial charge in [-0.05, 0) is 40.1 Å². The Labute approximate surface area is 109 Å². The second-order valence-corrected chi connectivity index (χ2v) is 4.71. The minimum Gasteiger partial charge on any atom is -0.382 e. The van der Waals surface area contributed by atoms with Crippen LogP contribution in [-0.2, 0) is 0 Å². The summed E-state index contributed by atoms with van der Waals surface area (Å²) in [5, 5.41) is 7.33. The summed E-state index contributed by atoms with van der Waals surface area (Å²) < 4.78 is 0. The van der Waals surface area contributed by atoms with Gasteiger partial charge in [0.25, 0.3) is 0 Å². The normalized spacial score (nSPS) is 12.5. The zero-order valence-electron chi connectivity index (χ0n) is 11.6. The molecule has 1 aromatic heterocycles. The molecule has 0 amide bonds. The first-order valence-corrected chi connectivity index (χ1v) is 6.17. The topological polar surface area (TPSA) is 69.2 Å². The predicted octanol–water partition coefficient (Wildman–Crippen LogP) is 1.14. The number of anilines is 1. The highest BCUT2D eigenvalue weighted by molar-refractivity contribution is 5.93. The molecule has 1 atom stereocenters. The van der Waals surface area contributed by atoms with Gasteiger partial charge in [0.05, 0.1) is 11.9 Å². The largest absolute Gasteiger partial charge is 0.382 e. The molecule has 0 aliphatic rings. The highest BCUT2D eigenvalue weighted by Crippen LogP contribution is 2.16. The van der Waals surface area contributed by atoms with Crippen molar-refractivity contribution in [2.24, 2.45) is 5.73 Å². The molecule has 0 saturated carbocycles. The van der Waals surface area contributed by atoms with Gasteiger partial charge in [0.2, 0.25) is 0 Å². The first-order chi connectivity index (χ1) is 8.45. The van der Waals surface area contributed by atoms with Crippen LogP contribution in [0.2, 0.25) is 0 Å². The molecule has 0 bridgehead atoms. The van der Waals surface area contributed by atoms with E-state index in [2.05, 4.69) is 42.7 Å². The first kappa shape index (κ1) is 14.4. The number of hydrogen-bond acceptors (Lipinski definition) is 4. The van der Waals surface area contributed by atoms with Crippen LogP contribution >= 0.6 is 0 Å². The van der Waals surface area contributed by atoms with E-state index in [-0.39, 0.29) is 5.84 Å². The third-order valence-electron chi connectivity index (χ3n) is 2.86. The van der Waals surface area contributed by atoms with E-state index in [4.69, 9.17) is 11.1 Å². The van der Waals surface area contributed by atoms with E-state index in [1.807, 2.05) is 6.07 Å². The minimum absolute atomic E-state index is 0.00550. The standard InChI is InChI=1S/C13H23N5/c1-5-18(10(2)9-17(3)4)11-6-7-12(13(14)15)16-8-11/h6-8,10H,5,9H2,1-4H3,(H3,14,15). The minimum atomic E-state index is 0.00550. The Bertz CT molecular complexity index is 385. The highest BCUT2D eigenvalue weighted by atomic mass is 15.2. The SMILES string of the molecule is CCN(c1ccc(C(=N)N)nc1)C(C)CN(C)C. The van der Waals surface area contributed by atoms with E-state index in [0.717, 1.165) is 18.8 Å². The number of hydrogen-bond donors (Lipinski definition) is 2. The summed E-state index contributed by atoms with van der Waals surface area (Å²) in [5.74, 6) is 0.00550. The van der Waals surface area contributed by atoms with Crippen LogP contribution in [-0.4, -0.2) is 48.9 Å². The lowest BCUT2D eigenvalue weighted by atomic mass is 10.2. The van der Waals surface area contributed by atoms with Gasteiger partial charge in [-0.2, -0.15) is 0 Å². The van der Waals surface area contributed by atoms with Crippen LogP contribution in [0.1, 0.15) is 19.5 Å². The molecular formula is C13H23N5. The van der Waals surface area contributed by atoms with Crippen molar-refractivity contribution >= 4 is 11.5 Å². The number of likely N-dealkylation sites (N-methyl/N-ethyl adjacent to an activating group) is 2. The number of nitrogens with zero attached hydrogens (tertiary/aromatic N) is 3. The van der Waals surface area contributed by atoms with Crippen molar-refractivity contribution in [2.45, 2.75) is 19.9 Å². The van der Waals surface area contributed by atoms with Gasteiger partial charge in [-0.3, -0.25) is 10.4 Å². The number of rotatable bonds is 6. The van der Waals surface area contributed by atoms with E-state index in [1.54, 1.807) is 12.3 Å². The Morgan fingerprint density at radius 1 is 1.44 bits per heavy atom. The zero-order valence-corrected chi connectivity index (χ0v) is 11.6. The molecule has 100 valence electrons. The third-order valence-corrected chi connectivity index (χ3v) is 2.86. The third kappa shape index (κ3) is 3.70. The molecule has 0 spiro atoms. The van der Waals surface area contributed by atoms with Gasteiger partial charge < -0.3 is 15.5 Å². The van der Waals surface area contributed by atoms with Crippen LogP contribution in [0.15, 0.2) is 18.3 Å². The Hall–Kier alpha value is -1.62. The number of nitrogens with two attached hydrogens (primary N) is 1. The summed E-state index contributed by atoms with van der Waals surface area (Å²) in [6.45, 7) is 6.24. The maximum absolute atomic E-state index is 7.33. The van der Waals surface area contributed by atoms with Crippen LogP contribution in [0.4, 0.5) is 5.69 Å². The van der Waals surface area contributed by atoms with Crippen molar-refractivity contribution in [2.75, 3.05) is 32.1 Å². The molecule has 1 rings (SSSR count). The van der Waals surface area contributed by atoms with E-state index in [0.29, 0.717) is 11.7 Å². The summed E-state index contributed by atoms with van der Waals surface area (Å²) in [6, 6.07) is 4.18. The van der Waals surface area contributed by atoms with E-state index in [1.165, 1.54) is 0 Å². The van der Waals surface area contributed by atoms with Crippen molar-refractivity contribution in [3.63, 3.8) is 0 Å². The average Bonchev–Trinajstić information content (AvgIpc) is 2.29. The number of nitrogen functional groups attached to an aromatic ring is 1. The van der Waals surface area contributed by atoms with E-state index < -0.39 is 0 Å². The summed E-state index contributed by atoms with van der Waals surface area (Å²) >= 11 is 0. The van der Waals surface area contributed by atoms with Crippen LogP contribution in [0.3, 0.4) is 0 Å². The highest BCUT2D eigenvalue weighted by Gasteiger charge is 2.14.